The summed E-state index contributed by atoms with van der Waals surface area (Å²) in [5.74, 6) is 2.84. The van der Waals surface area contributed by atoms with Gasteiger partial charge in [-0.15, -0.1) is 0 Å². The lowest BCUT2D eigenvalue weighted by Crippen LogP contribution is -2.41. The van der Waals surface area contributed by atoms with E-state index in [4.69, 9.17) is 9.47 Å². The molecule has 0 saturated carbocycles. The Kier molecular flexibility index (Phi) is 7.98. The first-order chi connectivity index (χ1) is 13.0. The number of nitrogens with one attached hydrogen (secondary N) is 2. The number of hydrogen-bond donors (Lipinski definition) is 2. The highest BCUT2D eigenvalue weighted by atomic mass is 16.5. The van der Waals surface area contributed by atoms with Crippen LogP contribution in [0.15, 0.2) is 35.3 Å². The molecule has 1 atom stereocenters. The van der Waals surface area contributed by atoms with E-state index in [9.17, 15) is 0 Å². The number of ether oxygens (including phenoxy) is 2. The Balaban J connectivity index is 1.66. The second-order valence-electron chi connectivity index (χ2n) is 6.62. The minimum atomic E-state index is 0.428. The standard InChI is InChI=1S/C20H31N5O2/c1-15(14-25-17(3)12-16(2)24-25)13-23-20(21-4)22-10-11-27-19-8-6-18(26-5)7-9-19/h6-9,12,15H,10-11,13-14H2,1-5H3,(H2,21,22,23). The van der Waals surface area contributed by atoms with Crippen molar-refractivity contribution < 1.29 is 9.47 Å². The lowest BCUT2D eigenvalue weighted by atomic mass is 10.2. The first-order valence-electron chi connectivity index (χ1n) is 9.24. The molecule has 2 aromatic rings. The monoisotopic (exact) mass is 373 g/mol. The minimum absolute atomic E-state index is 0.428. The maximum absolute atomic E-state index is 5.71. The number of nitrogens with zero attached hydrogens (tertiary/aromatic N) is 3. The molecule has 2 rings (SSSR count). The highest BCUT2D eigenvalue weighted by Crippen LogP contribution is 2.16. The molecule has 0 radical (unpaired) electrons. The third kappa shape index (κ3) is 6.84. The molecule has 0 aliphatic rings. The predicted octanol–water partition coefficient (Wildman–Crippen LogP) is 2.39. The summed E-state index contributed by atoms with van der Waals surface area (Å²) in [6, 6.07) is 9.66. The second kappa shape index (κ2) is 10.4. The van der Waals surface area contributed by atoms with Crippen LogP contribution in [0.2, 0.25) is 0 Å². The lowest BCUT2D eigenvalue weighted by Gasteiger charge is -2.17. The fourth-order valence-corrected chi connectivity index (χ4v) is 2.72. The zero-order valence-corrected chi connectivity index (χ0v) is 17.0. The molecular formula is C20H31N5O2. The first-order valence-corrected chi connectivity index (χ1v) is 9.24. The SMILES string of the molecule is CN=C(NCCOc1ccc(OC)cc1)NCC(C)Cn1nc(C)cc1C. The van der Waals surface area contributed by atoms with Gasteiger partial charge in [0.25, 0.3) is 0 Å². The van der Waals surface area contributed by atoms with E-state index in [-0.39, 0.29) is 0 Å². The largest absolute Gasteiger partial charge is 0.497 e. The molecule has 7 nitrogen and oxygen atoms in total. The van der Waals surface area contributed by atoms with Crippen molar-refractivity contribution in [1.82, 2.24) is 20.4 Å². The van der Waals surface area contributed by atoms with Crippen molar-refractivity contribution in [3.8, 4) is 11.5 Å². The summed E-state index contributed by atoms with van der Waals surface area (Å²) in [6.45, 7) is 9.21. The average Bonchev–Trinajstić information content (AvgIpc) is 2.98. The molecule has 1 unspecified atom stereocenters. The number of benzene rings is 1. The van der Waals surface area contributed by atoms with Crippen molar-refractivity contribution in [3.05, 3.63) is 41.7 Å². The summed E-state index contributed by atoms with van der Waals surface area (Å²) in [5.41, 5.74) is 2.25. The molecule has 0 spiro atoms. The summed E-state index contributed by atoms with van der Waals surface area (Å²) < 4.78 is 12.9. The van der Waals surface area contributed by atoms with Crippen LogP contribution in [0.1, 0.15) is 18.3 Å². The molecule has 0 aliphatic carbocycles. The molecule has 27 heavy (non-hydrogen) atoms. The predicted molar refractivity (Wildman–Crippen MR) is 109 cm³/mol. The van der Waals surface area contributed by atoms with Crippen LogP contribution in [-0.2, 0) is 6.54 Å². The van der Waals surface area contributed by atoms with Gasteiger partial charge < -0.3 is 20.1 Å². The Morgan fingerprint density at radius 2 is 1.89 bits per heavy atom. The summed E-state index contributed by atoms with van der Waals surface area (Å²) in [4.78, 5) is 4.26. The van der Waals surface area contributed by atoms with Crippen molar-refractivity contribution in [2.75, 3.05) is 33.9 Å². The molecule has 0 amide bonds. The van der Waals surface area contributed by atoms with Gasteiger partial charge in [-0.1, -0.05) is 6.92 Å². The van der Waals surface area contributed by atoms with Crippen molar-refractivity contribution >= 4 is 5.96 Å². The van der Waals surface area contributed by atoms with Gasteiger partial charge in [0.05, 0.1) is 19.3 Å². The maximum atomic E-state index is 5.71. The van der Waals surface area contributed by atoms with Gasteiger partial charge in [0.15, 0.2) is 5.96 Å². The van der Waals surface area contributed by atoms with E-state index < -0.39 is 0 Å². The molecule has 1 aromatic carbocycles. The Morgan fingerprint density at radius 1 is 1.19 bits per heavy atom. The van der Waals surface area contributed by atoms with Gasteiger partial charge >= 0.3 is 0 Å². The van der Waals surface area contributed by atoms with Crippen molar-refractivity contribution in [1.29, 1.82) is 0 Å². The molecule has 0 bridgehead atoms. The Bertz CT molecular complexity index is 724. The van der Waals surface area contributed by atoms with Crippen LogP contribution in [0.5, 0.6) is 11.5 Å². The highest BCUT2D eigenvalue weighted by molar-refractivity contribution is 5.79. The quantitative estimate of drug-likeness (QED) is 0.401. The van der Waals surface area contributed by atoms with Crippen LogP contribution in [0, 0.1) is 19.8 Å². The number of rotatable bonds is 9. The average molecular weight is 374 g/mol. The zero-order chi connectivity index (χ0) is 19.6. The molecule has 0 saturated heterocycles. The van der Waals surface area contributed by atoms with Gasteiger partial charge in [0.1, 0.15) is 18.1 Å². The van der Waals surface area contributed by atoms with Crippen LogP contribution >= 0.6 is 0 Å². The van der Waals surface area contributed by atoms with Gasteiger partial charge in [-0.05, 0) is 50.1 Å². The Hall–Kier alpha value is -2.70. The summed E-state index contributed by atoms with van der Waals surface area (Å²) in [7, 11) is 3.42. The maximum Gasteiger partial charge on any atom is 0.191 e. The first kappa shape index (κ1) is 20.6. The molecule has 1 heterocycles. The molecule has 7 heteroatoms. The number of aromatic nitrogens is 2. The van der Waals surface area contributed by atoms with Crippen LogP contribution < -0.4 is 20.1 Å². The van der Waals surface area contributed by atoms with Gasteiger partial charge in [-0.25, -0.2) is 0 Å². The molecule has 2 N–H and O–H groups in total. The second-order valence-corrected chi connectivity index (χ2v) is 6.62. The molecule has 0 fully saturated rings. The normalized spacial score (nSPS) is 12.6. The minimum Gasteiger partial charge on any atom is -0.497 e. The van der Waals surface area contributed by atoms with Crippen molar-refractivity contribution in [2.24, 2.45) is 10.9 Å². The van der Waals surface area contributed by atoms with E-state index >= 15 is 0 Å². The molecular weight excluding hydrogens is 342 g/mol. The van der Waals surface area contributed by atoms with E-state index in [1.54, 1.807) is 14.2 Å². The fraction of sp³-hybridized carbons (Fsp3) is 0.500. The van der Waals surface area contributed by atoms with Crippen LogP contribution in [0.4, 0.5) is 0 Å². The third-order valence-electron chi connectivity index (χ3n) is 4.15. The van der Waals surface area contributed by atoms with Gasteiger partial charge in [-0.3, -0.25) is 9.67 Å². The topological polar surface area (TPSA) is 72.7 Å². The molecule has 1 aromatic heterocycles. The summed E-state index contributed by atoms with van der Waals surface area (Å²) in [5, 5.41) is 11.1. The van der Waals surface area contributed by atoms with E-state index in [2.05, 4.69) is 45.3 Å². The molecule has 0 aliphatic heterocycles. The summed E-state index contributed by atoms with van der Waals surface area (Å²) >= 11 is 0. The number of hydrogen-bond acceptors (Lipinski definition) is 4. The van der Waals surface area contributed by atoms with E-state index in [0.717, 1.165) is 36.2 Å². The fourth-order valence-electron chi connectivity index (χ4n) is 2.72. The number of methoxy groups -OCH3 is 1. The zero-order valence-electron chi connectivity index (χ0n) is 17.0. The number of aryl methyl sites for hydroxylation is 2. The third-order valence-corrected chi connectivity index (χ3v) is 4.15. The Labute approximate surface area is 161 Å². The van der Waals surface area contributed by atoms with E-state index in [1.165, 1.54) is 5.69 Å². The summed E-state index contributed by atoms with van der Waals surface area (Å²) in [6.07, 6.45) is 0. The van der Waals surface area contributed by atoms with E-state index in [0.29, 0.717) is 19.1 Å². The van der Waals surface area contributed by atoms with Crippen LogP contribution in [-0.4, -0.2) is 49.6 Å². The highest BCUT2D eigenvalue weighted by Gasteiger charge is 2.08. The smallest absolute Gasteiger partial charge is 0.191 e. The van der Waals surface area contributed by atoms with Gasteiger partial charge in [0, 0.05) is 25.8 Å². The molecule has 148 valence electrons. The number of aliphatic imine (C=N–C) groups is 1. The van der Waals surface area contributed by atoms with Gasteiger partial charge in [0.2, 0.25) is 0 Å². The van der Waals surface area contributed by atoms with Gasteiger partial charge in [-0.2, -0.15) is 5.10 Å². The van der Waals surface area contributed by atoms with E-state index in [1.807, 2.05) is 31.2 Å². The van der Waals surface area contributed by atoms with Crippen molar-refractivity contribution in [3.63, 3.8) is 0 Å². The lowest BCUT2D eigenvalue weighted by molar-refractivity contribution is 0.320. The van der Waals surface area contributed by atoms with Crippen LogP contribution in [0.25, 0.3) is 0 Å². The van der Waals surface area contributed by atoms with Crippen LogP contribution in [0.3, 0.4) is 0 Å². The van der Waals surface area contributed by atoms with Crippen molar-refractivity contribution in [2.45, 2.75) is 27.3 Å². The Morgan fingerprint density at radius 3 is 2.48 bits per heavy atom. The number of guanidine groups is 1.